The second-order valence-electron chi connectivity index (χ2n) is 5.16. The van der Waals surface area contributed by atoms with E-state index in [2.05, 4.69) is 28.7 Å². The van der Waals surface area contributed by atoms with E-state index in [-0.39, 0.29) is 0 Å². The molecule has 0 aliphatic carbocycles. The Labute approximate surface area is 97.7 Å². The third kappa shape index (κ3) is 3.94. The zero-order valence-electron chi connectivity index (χ0n) is 10.9. The lowest BCUT2D eigenvalue weighted by Gasteiger charge is -2.22. The van der Waals surface area contributed by atoms with Crippen LogP contribution in [0, 0.1) is 13.8 Å². The largest absolute Gasteiger partial charge is 0.389 e. The minimum Gasteiger partial charge on any atom is -0.389 e. The van der Waals surface area contributed by atoms with E-state index in [0.717, 1.165) is 12.2 Å². The van der Waals surface area contributed by atoms with Crippen molar-refractivity contribution in [1.29, 1.82) is 0 Å². The molecule has 0 spiro atoms. The SMILES string of the molecule is Cc1ncn(CC(C)NCC(C)(C)O)c1C. The van der Waals surface area contributed by atoms with Crippen molar-refractivity contribution in [1.82, 2.24) is 14.9 Å². The maximum atomic E-state index is 9.61. The summed E-state index contributed by atoms with van der Waals surface area (Å²) >= 11 is 0. The highest BCUT2D eigenvalue weighted by Gasteiger charge is 2.14. The number of aliphatic hydroxyl groups is 1. The smallest absolute Gasteiger partial charge is 0.0951 e. The van der Waals surface area contributed by atoms with Crippen molar-refractivity contribution < 1.29 is 5.11 Å². The molecule has 1 aromatic heterocycles. The lowest BCUT2D eigenvalue weighted by molar-refractivity contribution is 0.0763. The van der Waals surface area contributed by atoms with E-state index in [1.807, 2.05) is 13.3 Å². The molecule has 1 atom stereocenters. The Bertz CT molecular complexity index is 339. The number of nitrogens with zero attached hydrogens (tertiary/aromatic N) is 2. The summed E-state index contributed by atoms with van der Waals surface area (Å²) in [6.07, 6.45) is 1.87. The molecule has 0 aliphatic heterocycles. The second-order valence-corrected chi connectivity index (χ2v) is 5.16. The van der Waals surface area contributed by atoms with E-state index in [1.165, 1.54) is 5.69 Å². The first-order valence-electron chi connectivity index (χ1n) is 5.73. The predicted octanol–water partition coefficient (Wildman–Crippen LogP) is 1.25. The molecule has 2 N–H and O–H groups in total. The van der Waals surface area contributed by atoms with Gasteiger partial charge in [0.15, 0.2) is 0 Å². The maximum Gasteiger partial charge on any atom is 0.0951 e. The quantitative estimate of drug-likeness (QED) is 0.793. The van der Waals surface area contributed by atoms with Gasteiger partial charge in [-0.2, -0.15) is 0 Å². The van der Waals surface area contributed by atoms with Crippen LogP contribution >= 0.6 is 0 Å². The third-order valence-corrected chi connectivity index (χ3v) is 2.70. The van der Waals surface area contributed by atoms with E-state index in [1.54, 1.807) is 13.8 Å². The van der Waals surface area contributed by atoms with Gasteiger partial charge in [0.25, 0.3) is 0 Å². The zero-order valence-corrected chi connectivity index (χ0v) is 10.9. The van der Waals surface area contributed by atoms with Gasteiger partial charge in [-0.15, -0.1) is 0 Å². The lowest BCUT2D eigenvalue weighted by Crippen LogP contribution is -2.41. The van der Waals surface area contributed by atoms with E-state index >= 15 is 0 Å². The van der Waals surface area contributed by atoms with Crippen LogP contribution in [0.25, 0.3) is 0 Å². The van der Waals surface area contributed by atoms with Gasteiger partial charge in [0, 0.05) is 24.8 Å². The number of aromatic nitrogens is 2. The van der Waals surface area contributed by atoms with Crippen LogP contribution in [0.4, 0.5) is 0 Å². The van der Waals surface area contributed by atoms with Crippen LogP contribution in [-0.4, -0.2) is 32.8 Å². The topological polar surface area (TPSA) is 50.1 Å². The molecule has 0 saturated heterocycles. The molecule has 0 amide bonds. The van der Waals surface area contributed by atoms with Gasteiger partial charge in [0.2, 0.25) is 0 Å². The molecule has 4 nitrogen and oxygen atoms in total. The fraction of sp³-hybridized carbons (Fsp3) is 0.750. The van der Waals surface area contributed by atoms with Crippen molar-refractivity contribution >= 4 is 0 Å². The second kappa shape index (κ2) is 4.97. The first-order chi connectivity index (χ1) is 7.29. The van der Waals surface area contributed by atoms with Crippen molar-refractivity contribution in [2.24, 2.45) is 0 Å². The molecule has 1 rings (SSSR count). The van der Waals surface area contributed by atoms with Gasteiger partial charge in [-0.25, -0.2) is 4.98 Å². The number of imidazole rings is 1. The van der Waals surface area contributed by atoms with Crippen molar-refractivity contribution in [3.8, 4) is 0 Å². The summed E-state index contributed by atoms with van der Waals surface area (Å²) < 4.78 is 2.14. The van der Waals surface area contributed by atoms with Crippen molar-refractivity contribution in [3.05, 3.63) is 17.7 Å². The highest BCUT2D eigenvalue weighted by Crippen LogP contribution is 2.05. The molecule has 0 aromatic carbocycles. The lowest BCUT2D eigenvalue weighted by atomic mass is 10.1. The summed E-state index contributed by atoms with van der Waals surface area (Å²) in [6, 6.07) is 0.318. The van der Waals surface area contributed by atoms with Crippen LogP contribution in [0.1, 0.15) is 32.2 Å². The Kier molecular flexibility index (Phi) is 4.10. The summed E-state index contributed by atoms with van der Waals surface area (Å²) in [5.41, 5.74) is 1.63. The number of nitrogens with one attached hydrogen (secondary N) is 1. The molecule has 4 heteroatoms. The highest BCUT2D eigenvalue weighted by atomic mass is 16.3. The Hall–Kier alpha value is -0.870. The number of hydrogen-bond acceptors (Lipinski definition) is 3. The van der Waals surface area contributed by atoms with Crippen LogP contribution in [0.2, 0.25) is 0 Å². The normalized spacial score (nSPS) is 14.1. The van der Waals surface area contributed by atoms with Crippen molar-refractivity contribution in [3.63, 3.8) is 0 Å². The summed E-state index contributed by atoms with van der Waals surface area (Å²) in [5, 5.41) is 12.9. The van der Waals surface area contributed by atoms with Gasteiger partial charge in [-0.3, -0.25) is 0 Å². The zero-order chi connectivity index (χ0) is 12.3. The van der Waals surface area contributed by atoms with Crippen LogP contribution < -0.4 is 5.32 Å². The molecule has 0 saturated carbocycles. The fourth-order valence-corrected chi connectivity index (χ4v) is 1.51. The fourth-order valence-electron chi connectivity index (χ4n) is 1.51. The Morgan fingerprint density at radius 1 is 1.50 bits per heavy atom. The third-order valence-electron chi connectivity index (χ3n) is 2.70. The summed E-state index contributed by atoms with van der Waals surface area (Å²) in [5.74, 6) is 0. The summed E-state index contributed by atoms with van der Waals surface area (Å²) in [7, 11) is 0. The van der Waals surface area contributed by atoms with Gasteiger partial charge in [-0.05, 0) is 34.6 Å². The summed E-state index contributed by atoms with van der Waals surface area (Å²) in [6.45, 7) is 11.3. The highest BCUT2D eigenvalue weighted by molar-refractivity contribution is 5.08. The van der Waals surface area contributed by atoms with Crippen molar-refractivity contribution in [2.75, 3.05) is 6.54 Å². The summed E-state index contributed by atoms with van der Waals surface area (Å²) in [4.78, 5) is 4.26. The van der Waals surface area contributed by atoms with Crippen LogP contribution in [0.3, 0.4) is 0 Å². The van der Waals surface area contributed by atoms with Gasteiger partial charge in [0.05, 0.1) is 17.6 Å². The average molecular weight is 225 g/mol. The molecular formula is C12H23N3O. The maximum absolute atomic E-state index is 9.61. The molecule has 1 unspecified atom stereocenters. The monoisotopic (exact) mass is 225 g/mol. The first kappa shape index (κ1) is 13.2. The molecule has 0 radical (unpaired) electrons. The Balaban J connectivity index is 2.46. The van der Waals surface area contributed by atoms with E-state index in [0.29, 0.717) is 12.6 Å². The van der Waals surface area contributed by atoms with Crippen LogP contribution in [0.5, 0.6) is 0 Å². The molecule has 0 bridgehead atoms. The standard InChI is InChI=1S/C12H23N3O/c1-9(13-7-12(4,5)16)6-15-8-14-10(2)11(15)3/h8-9,13,16H,6-7H2,1-5H3. The minimum absolute atomic E-state index is 0.318. The molecule has 0 aliphatic rings. The van der Waals surface area contributed by atoms with Gasteiger partial charge < -0.3 is 15.0 Å². The van der Waals surface area contributed by atoms with Crippen molar-refractivity contribution in [2.45, 2.75) is 52.8 Å². The first-order valence-corrected chi connectivity index (χ1v) is 5.73. The van der Waals surface area contributed by atoms with Gasteiger partial charge >= 0.3 is 0 Å². The van der Waals surface area contributed by atoms with Crippen LogP contribution in [0.15, 0.2) is 6.33 Å². The van der Waals surface area contributed by atoms with E-state index in [4.69, 9.17) is 0 Å². The van der Waals surface area contributed by atoms with E-state index in [9.17, 15) is 5.11 Å². The Morgan fingerprint density at radius 2 is 2.12 bits per heavy atom. The average Bonchev–Trinajstić information content (AvgIpc) is 2.46. The van der Waals surface area contributed by atoms with Gasteiger partial charge in [-0.1, -0.05) is 0 Å². The molecule has 92 valence electrons. The number of aryl methyl sites for hydroxylation is 1. The molecular weight excluding hydrogens is 202 g/mol. The number of hydrogen-bond donors (Lipinski definition) is 2. The van der Waals surface area contributed by atoms with Crippen LogP contribution in [-0.2, 0) is 6.54 Å². The molecule has 0 fully saturated rings. The molecule has 1 heterocycles. The predicted molar refractivity (Wildman–Crippen MR) is 65.5 cm³/mol. The Morgan fingerprint density at radius 3 is 2.56 bits per heavy atom. The molecule has 16 heavy (non-hydrogen) atoms. The molecule has 1 aromatic rings. The van der Waals surface area contributed by atoms with E-state index < -0.39 is 5.60 Å². The van der Waals surface area contributed by atoms with Gasteiger partial charge in [0.1, 0.15) is 0 Å². The number of rotatable bonds is 5. The minimum atomic E-state index is -0.659.